The van der Waals surface area contributed by atoms with Crippen molar-refractivity contribution in [2.45, 2.75) is 32.4 Å². The van der Waals surface area contributed by atoms with E-state index in [-0.39, 0.29) is 18.0 Å². The molecule has 0 radical (unpaired) electrons. The van der Waals surface area contributed by atoms with Crippen molar-refractivity contribution in [2.24, 2.45) is 0 Å². The molecular formula is C13H20FNO. The molecule has 3 heteroatoms. The fourth-order valence-corrected chi connectivity index (χ4v) is 1.62. The first-order chi connectivity index (χ1) is 7.69. The summed E-state index contributed by atoms with van der Waals surface area (Å²) in [6, 6.07) is 6.96. The lowest BCUT2D eigenvalue weighted by molar-refractivity contribution is 0.114. The summed E-state index contributed by atoms with van der Waals surface area (Å²) >= 11 is 0. The van der Waals surface area contributed by atoms with Gasteiger partial charge in [-0.1, -0.05) is 25.1 Å². The van der Waals surface area contributed by atoms with Crippen LogP contribution in [0.4, 0.5) is 4.39 Å². The predicted molar refractivity (Wildman–Crippen MR) is 63.9 cm³/mol. The highest BCUT2D eigenvalue weighted by Gasteiger charge is 2.13. The molecular weight excluding hydrogens is 205 g/mol. The second-order valence-corrected chi connectivity index (χ2v) is 3.94. The van der Waals surface area contributed by atoms with Crippen LogP contribution in [-0.4, -0.2) is 19.8 Å². The van der Waals surface area contributed by atoms with Gasteiger partial charge in [0.15, 0.2) is 0 Å². The molecule has 1 aromatic rings. The van der Waals surface area contributed by atoms with Gasteiger partial charge in [-0.15, -0.1) is 0 Å². The van der Waals surface area contributed by atoms with Crippen LogP contribution in [0.3, 0.4) is 0 Å². The van der Waals surface area contributed by atoms with E-state index in [2.05, 4.69) is 5.32 Å². The van der Waals surface area contributed by atoms with E-state index in [4.69, 9.17) is 4.74 Å². The molecule has 0 spiro atoms. The molecule has 1 aromatic carbocycles. The van der Waals surface area contributed by atoms with Gasteiger partial charge in [-0.3, -0.25) is 0 Å². The zero-order valence-electron chi connectivity index (χ0n) is 10.2. The Kier molecular flexibility index (Phi) is 5.43. The van der Waals surface area contributed by atoms with Gasteiger partial charge in [0.05, 0.1) is 6.10 Å². The van der Waals surface area contributed by atoms with Crippen molar-refractivity contribution in [3.05, 3.63) is 35.6 Å². The lowest BCUT2D eigenvalue weighted by atomic mass is 10.0. The van der Waals surface area contributed by atoms with Crippen LogP contribution in [0.5, 0.6) is 0 Å². The Morgan fingerprint density at radius 1 is 1.38 bits per heavy atom. The highest BCUT2D eigenvalue weighted by molar-refractivity contribution is 5.21. The van der Waals surface area contributed by atoms with Crippen LogP contribution in [0, 0.1) is 5.82 Å². The first kappa shape index (κ1) is 13.1. The molecule has 2 atom stereocenters. The zero-order valence-corrected chi connectivity index (χ0v) is 10.2. The molecule has 0 heterocycles. The Bertz CT molecular complexity index is 317. The molecule has 90 valence electrons. The van der Waals surface area contributed by atoms with Crippen molar-refractivity contribution in [1.82, 2.24) is 5.32 Å². The first-order valence-electron chi connectivity index (χ1n) is 5.69. The number of methoxy groups -OCH3 is 1. The Morgan fingerprint density at radius 3 is 2.62 bits per heavy atom. The molecule has 16 heavy (non-hydrogen) atoms. The molecule has 0 fully saturated rings. The minimum Gasteiger partial charge on any atom is -0.380 e. The van der Waals surface area contributed by atoms with Gasteiger partial charge >= 0.3 is 0 Å². The fraction of sp³-hybridized carbons (Fsp3) is 0.538. The van der Waals surface area contributed by atoms with E-state index in [9.17, 15) is 4.39 Å². The molecule has 0 saturated heterocycles. The van der Waals surface area contributed by atoms with E-state index in [0.29, 0.717) is 0 Å². The topological polar surface area (TPSA) is 21.3 Å². The largest absolute Gasteiger partial charge is 0.380 e. The number of nitrogens with one attached hydrogen (secondary N) is 1. The summed E-state index contributed by atoms with van der Waals surface area (Å²) in [7, 11) is 1.68. The number of hydrogen-bond acceptors (Lipinski definition) is 2. The SMILES string of the molecule is CCC(NCC(C)OC)c1ccccc1F. The van der Waals surface area contributed by atoms with Gasteiger partial charge < -0.3 is 10.1 Å². The van der Waals surface area contributed by atoms with Crippen molar-refractivity contribution in [3.8, 4) is 0 Å². The van der Waals surface area contributed by atoms with Crippen molar-refractivity contribution >= 4 is 0 Å². The molecule has 0 saturated carbocycles. The fourth-order valence-electron chi connectivity index (χ4n) is 1.62. The quantitative estimate of drug-likeness (QED) is 0.803. The van der Waals surface area contributed by atoms with Gasteiger partial charge in [-0.05, 0) is 19.4 Å². The highest BCUT2D eigenvalue weighted by atomic mass is 19.1. The average molecular weight is 225 g/mol. The monoisotopic (exact) mass is 225 g/mol. The van der Waals surface area contributed by atoms with Gasteiger partial charge in [0, 0.05) is 25.3 Å². The second kappa shape index (κ2) is 6.61. The third kappa shape index (κ3) is 3.58. The van der Waals surface area contributed by atoms with Gasteiger partial charge in [0.1, 0.15) is 5.82 Å². The van der Waals surface area contributed by atoms with Crippen molar-refractivity contribution in [1.29, 1.82) is 0 Å². The molecule has 0 amide bonds. The lowest BCUT2D eigenvalue weighted by Gasteiger charge is -2.20. The summed E-state index contributed by atoms with van der Waals surface area (Å²) < 4.78 is 18.7. The van der Waals surface area contributed by atoms with Crippen LogP contribution >= 0.6 is 0 Å². The van der Waals surface area contributed by atoms with Crippen molar-refractivity contribution < 1.29 is 9.13 Å². The molecule has 0 aliphatic rings. The summed E-state index contributed by atoms with van der Waals surface area (Å²) in [6.07, 6.45) is 0.998. The van der Waals surface area contributed by atoms with Crippen LogP contribution in [0.1, 0.15) is 31.9 Å². The van der Waals surface area contributed by atoms with E-state index in [1.807, 2.05) is 26.0 Å². The van der Waals surface area contributed by atoms with Crippen LogP contribution in [-0.2, 0) is 4.74 Å². The summed E-state index contributed by atoms with van der Waals surface area (Å²) in [5, 5.41) is 3.31. The maximum atomic E-state index is 13.6. The summed E-state index contributed by atoms with van der Waals surface area (Å²) in [4.78, 5) is 0. The highest BCUT2D eigenvalue weighted by Crippen LogP contribution is 2.19. The van der Waals surface area contributed by atoms with Crippen LogP contribution in [0.15, 0.2) is 24.3 Å². The predicted octanol–water partition coefficient (Wildman–Crippen LogP) is 2.90. The molecule has 1 N–H and O–H groups in total. The van der Waals surface area contributed by atoms with Gasteiger partial charge in [-0.25, -0.2) is 4.39 Å². The minimum atomic E-state index is -0.146. The summed E-state index contributed by atoms with van der Waals surface area (Å²) in [5.41, 5.74) is 0.730. The molecule has 0 aliphatic heterocycles. The molecule has 2 nitrogen and oxygen atoms in total. The third-order valence-corrected chi connectivity index (χ3v) is 2.74. The number of ether oxygens (including phenoxy) is 1. The van der Waals surface area contributed by atoms with Gasteiger partial charge in [0.25, 0.3) is 0 Å². The van der Waals surface area contributed by atoms with Gasteiger partial charge in [0.2, 0.25) is 0 Å². The second-order valence-electron chi connectivity index (χ2n) is 3.94. The van der Waals surface area contributed by atoms with E-state index in [0.717, 1.165) is 18.5 Å². The number of rotatable bonds is 6. The van der Waals surface area contributed by atoms with Crippen LogP contribution in [0.25, 0.3) is 0 Å². The Labute approximate surface area is 96.8 Å². The minimum absolute atomic E-state index is 0.0544. The lowest BCUT2D eigenvalue weighted by Crippen LogP contribution is -2.30. The van der Waals surface area contributed by atoms with E-state index in [1.54, 1.807) is 13.2 Å². The maximum absolute atomic E-state index is 13.6. The maximum Gasteiger partial charge on any atom is 0.127 e. The van der Waals surface area contributed by atoms with Gasteiger partial charge in [-0.2, -0.15) is 0 Å². The Balaban J connectivity index is 2.64. The molecule has 0 aromatic heterocycles. The zero-order chi connectivity index (χ0) is 12.0. The molecule has 0 bridgehead atoms. The average Bonchev–Trinajstić information content (AvgIpc) is 2.31. The third-order valence-electron chi connectivity index (χ3n) is 2.74. The number of hydrogen-bond donors (Lipinski definition) is 1. The summed E-state index contributed by atoms with van der Waals surface area (Å²) in [5.74, 6) is -0.146. The molecule has 0 aliphatic carbocycles. The van der Waals surface area contributed by atoms with E-state index in [1.165, 1.54) is 6.07 Å². The smallest absolute Gasteiger partial charge is 0.127 e. The first-order valence-corrected chi connectivity index (χ1v) is 5.69. The summed E-state index contributed by atoms with van der Waals surface area (Å²) in [6.45, 7) is 4.76. The van der Waals surface area contributed by atoms with Crippen molar-refractivity contribution in [2.75, 3.05) is 13.7 Å². The van der Waals surface area contributed by atoms with Crippen molar-refractivity contribution in [3.63, 3.8) is 0 Å². The Hall–Kier alpha value is -0.930. The van der Waals surface area contributed by atoms with E-state index >= 15 is 0 Å². The molecule has 1 rings (SSSR count). The Morgan fingerprint density at radius 2 is 2.06 bits per heavy atom. The standard InChI is InChI=1S/C13H20FNO/c1-4-13(15-9-10(2)16-3)11-7-5-6-8-12(11)14/h5-8,10,13,15H,4,9H2,1-3H3. The normalized spacial score (nSPS) is 14.8. The van der Waals surface area contributed by atoms with Crippen LogP contribution < -0.4 is 5.32 Å². The number of halogens is 1. The van der Waals surface area contributed by atoms with Crippen LogP contribution in [0.2, 0.25) is 0 Å². The van der Waals surface area contributed by atoms with E-state index < -0.39 is 0 Å². The number of benzene rings is 1. The molecule has 2 unspecified atom stereocenters.